The van der Waals surface area contributed by atoms with Gasteiger partial charge in [-0.15, -0.1) is 5.10 Å². The van der Waals surface area contributed by atoms with Crippen molar-refractivity contribution in [2.45, 2.75) is 32.7 Å². The van der Waals surface area contributed by atoms with Gasteiger partial charge < -0.3 is 19.5 Å². The summed E-state index contributed by atoms with van der Waals surface area (Å²) in [5, 5.41) is 8.10. The molecule has 2 aromatic carbocycles. The molecule has 1 unspecified atom stereocenters. The van der Waals surface area contributed by atoms with Crippen LogP contribution in [0.25, 0.3) is 11.4 Å². The number of carbonyl (C=O) groups is 1. The Morgan fingerprint density at radius 1 is 1.00 bits per heavy atom. The van der Waals surface area contributed by atoms with Crippen LogP contribution in [-0.2, 0) is 4.79 Å². The minimum absolute atomic E-state index is 0.0371. The first-order valence-corrected chi connectivity index (χ1v) is 11.3. The average Bonchev–Trinajstić information content (AvgIpc) is 3.25. The van der Waals surface area contributed by atoms with Crippen LogP contribution in [0.4, 0.5) is 10.3 Å². The molecule has 0 saturated carbocycles. The Morgan fingerprint density at radius 3 is 2.31 bits per heavy atom. The lowest BCUT2D eigenvalue weighted by atomic mass is 9.73. The van der Waals surface area contributed by atoms with Crippen LogP contribution < -0.4 is 19.5 Å². The highest BCUT2D eigenvalue weighted by molar-refractivity contribution is 6.00. The number of ketones is 1. The lowest BCUT2D eigenvalue weighted by Gasteiger charge is -2.38. The molecule has 182 valence electrons. The van der Waals surface area contributed by atoms with E-state index < -0.39 is 6.04 Å². The predicted octanol–water partition coefficient (Wildman–Crippen LogP) is 4.77. The van der Waals surface area contributed by atoms with Crippen LogP contribution in [0.5, 0.6) is 17.2 Å². The van der Waals surface area contributed by atoms with Crippen molar-refractivity contribution in [1.29, 1.82) is 0 Å². The Labute approximate surface area is 202 Å². The van der Waals surface area contributed by atoms with Gasteiger partial charge in [-0.05, 0) is 42.2 Å². The van der Waals surface area contributed by atoms with Crippen LogP contribution in [0.1, 0.15) is 38.3 Å². The molecule has 0 saturated heterocycles. The van der Waals surface area contributed by atoms with E-state index in [9.17, 15) is 9.18 Å². The normalized spacial score (nSPS) is 18.5. The number of allylic oxidation sites excluding steroid dienone is 2. The maximum Gasteiger partial charge on any atom is 0.226 e. The van der Waals surface area contributed by atoms with Crippen molar-refractivity contribution < 1.29 is 23.4 Å². The fourth-order valence-corrected chi connectivity index (χ4v) is 4.88. The summed E-state index contributed by atoms with van der Waals surface area (Å²) >= 11 is 0. The number of anilines is 1. The lowest BCUT2D eigenvalue weighted by Crippen LogP contribution is -2.36. The Morgan fingerprint density at radius 2 is 1.66 bits per heavy atom. The zero-order valence-corrected chi connectivity index (χ0v) is 20.3. The number of nitrogens with zero attached hydrogens (tertiary/aromatic N) is 3. The number of fused-ring (bicyclic) bond motifs is 1. The summed E-state index contributed by atoms with van der Waals surface area (Å²) in [6.45, 7) is 4.15. The maximum absolute atomic E-state index is 13.5. The highest BCUT2D eigenvalue weighted by atomic mass is 19.1. The van der Waals surface area contributed by atoms with Crippen LogP contribution in [0.3, 0.4) is 0 Å². The molecule has 8 nitrogen and oxygen atoms in total. The quantitative estimate of drug-likeness (QED) is 0.565. The molecular weight excluding hydrogens is 451 g/mol. The molecule has 0 bridgehead atoms. The Bertz CT molecular complexity index is 1340. The molecule has 2 heterocycles. The van der Waals surface area contributed by atoms with Gasteiger partial charge in [-0.25, -0.2) is 9.07 Å². The molecule has 0 spiro atoms. The summed E-state index contributed by atoms with van der Waals surface area (Å²) in [5.74, 6) is 2.16. The second-order valence-corrected chi connectivity index (χ2v) is 9.52. The number of Topliss-reactive ketones (excluding diaryl/α,β-unsaturated/α-hetero) is 1. The third kappa shape index (κ3) is 3.90. The van der Waals surface area contributed by atoms with Crippen LogP contribution in [0.2, 0.25) is 0 Å². The fourth-order valence-electron chi connectivity index (χ4n) is 4.88. The number of carbonyl (C=O) groups excluding carboxylic acids is 1. The van der Waals surface area contributed by atoms with E-state index in [1.165, 1.54) is 12.1 Å². The van der Waals surface area contributed by atoms with Gasteiger partial charge in [0.05, 0.1) is 21.3 Å². The number of halogens is 1. The highest BCUT2D eigenvalue weighted by Crippen LogP contribution is 2.49. The molecule has 5 rings (SSSR count). The number of hydrogen-bond donors (Lipinski definition) is 1. The minimum Gasteiger partial charge on any atom is -0.496 e. The van der Waals surface area contributed by atoms with Crippen LogP contribution in [-0.4, -0.2) is 41.9 Å². The van der Waals surface area contributed by atoms with E-state index in [2.05, 4.69) is 19.2 Å². The summed E-state index contributed by atoms with van der Waals surface area (Å²) in [6.07, 6.45) is 1.09. The molecule has 0 radical (unpaired) electrons. The standard InChI is InChI=1S/C26H27FN4O4/c1-26(2)12-17-22(18(32)13-26)23(16-10-20(34-4)21(35-5)11-19(16)33-3)31-25(28-17)29-24(30-31)14-6-8-15(27)9-7-14/h6-11,23H,12-13H2,1-5H3,(H,28,29,30). The first kappa shape index (κ1) is 22.9. The largest absolute Gasteiger partial charge is 0.496 e. The molecule has 3 aromatic rings. The van der Waals surface area contributed by atoms with E-state index in [1.807, 2.05) is 6.07 Å². The SMILES string of the molecule is COc1cc(OC)c(C2C3=C(CC(C)(C)CC3=O)Nc3nc(-c4ccc(F)cc4)nn32)cc1OC. The third-order valence-corrected chi connectivity index (χ3v) is 6.46. The van der Waals surface area contributed by atoms with Crippen molar-refractivity contribution in [2.24, 2.45) is 5.41 Å². The van der Waals surface area contributed by atoms with Gasteiger partial charge in [-0.3, -0.25) is 4.79 Å². The average molecular weight is 479 g/mol. The van der Waals surface area contributed by atoms with Gasteiger partial charge in [-0.1, -0.05) is 13.8 Å². The van der Waals surface area contributed by atoms with Gasteiger partial charge in [0.1, 0.15) is 17.6 Å². The number of rotatable bonds is 5. The second kappa shape index (κ2) is 8.41. The molecule has 0 fully saturated rings. The van der Waals surface area contributed by atoms with E-state index in [1.54, 1.807) is 44.2 Å². The van der Waals surface area contributed by atoms with Crippen molar-refractivity contribution in [1.82, 2.24) is 14.8 Å². The van der Waals surface area contributed by atoms with Crippen molar-refractivity contribution in [3.8, 4) is 28.6 Å². The molecule has 1 aromatic heterocycles. The predicted molar refractivity (Wildman–Crippen MR) is 128 cm³/mol. The van der Waals surface area contributed by atoms with Gasteiger partial charge in [0.15, 0.2) is 23.1 Å². The molecule has 2 aliphatic rings. The van der Waals surface area contributed by atoms with Crippen molar-refractivity contribution >= 4 is 11.7 Å². The Hall–Kier alpha value is -3.88. The molecule has 35 heavy (non-hydrogen) atoms. The monoisotopic (exact) mass is 478 g/mol. The van der Waals surface area contributed by atoms with Crippen LogP contribution in [0.15, 0.2) is 47.7 Å². The maximum atomic E-state index is 13.5. The Kier molecular flexibility index (Phi) is 5.50. The number of aromatic nitrogens is 3. The summed E-state index contributed by atoms with van der Waals surface area (Å²) in [5.41, 5.74) is 2.61. The molecule has 1 N–H and O–H groups in total. The number of methoxy groups -OCH3 is 3. The van der Waals surface area contributed by atoms with Crippen LogP contribution >= 0.6 is 0 Å². The highest BCUT2D eigenvalue weighted by Gasteiger charge is 2.43. The van der Waals surface area contributed by atoms with E-state index in [0.29, 0.717) is 58.6 Å². The number of benzene rings is 2. The van der Waals surface area contributed by atoms with E-state index in [-0.39, 0.29) is 17.0 Å². The molecular formula is C26H27FN4O4. The summed E-state index contributed by atoms with van der Waals surface area (Å²) < 4.78 is 31.9. The topological polar surface area (TPSA) is 87.5 Å². The first-order valence-electron chi connectivity index (χ1n) is 11.3. The minimum atomic E-state index is -0.596. The third-order valence-electron chi connectivity index (χ3n) is 6.46. The van der Waals surface area contributed by atoms with Crippen molar-refractivity contribution in [2.75, 3.05) is 26.6 Å². The van der Waals surface area contributed by atoms with Gasteiger partial charge >= 0.3 is 0 Å². The van der Waals surface area contributed by atoms with Crippen molar-refractivity contribution in [3.05, 3.63) is 59.0 Å². The summed E-state index contributed by atoms with van der Waals surface area (Å²) in [4.78, 5) is 18.2. The second-order valence-electron chi connectivity index (χ2n) is 9.52. The fraction of sp³-hybridized carbons (Fsp3) is 0.346. The zero-order valence-electron chi connectivity index (χ0n) is 20.3. The van der Waals surface area contributed by atoms with Gasteiger partial charge in [0.2, 0.25) is 5.95 Å². The van der Waals surface area contributed by atoms with E-state index in [0.717, 1.165) is 5.70 Å². The molecule has 9 heteroatoms. The lowest BCUT2D eigenvalue weighted by molar-refractivity contribution is -0.118. The first-order chi connectivity index (χ1) is 16.7. The van der Waals surface area contributed by atoms with Crippen LogP contribution in [0, 0.1) is 11.2 Å². The number of nitrogens with one attached hydrogen (secondary N) is 1. The Balaban J connectivity index is 1.74. The van der Waals surface area contributed by atoms with Crippen molar-refractivity contribution in [3.63, 3.8) is 0 Å². The van der Waals surface area contributed by atoms with E-state index in [4.69, 9.17) is 24.3 Å². The summed E-state index contributed by atoms with van der Waals surface area (Å²) in [7, 11) is 4.68. The smallest absolute Gasteiger partial charge is 0.226 e. The summed E-state index contributed by atoms with van der Waals surface area (Å²) in [6, 6.07) is 8.95. The van der Waals surface area contributed by atoms with Gasteiger partial charge in [0.25, 0.3) is 0 Å². The zero-order chi connectivity index (χ0) is 24.9. The number of hydrogen-bond acceptors (Lipinski definition) is 7. The molecule has 1 atom stereocenters. The molecule has 1 aliphatic carbocycles. The number of ether oxygens (including phenoxy) is 3. The van der Waals surface area contributed by atoms with Gasteiger partial charge in [-0.2, -0.15) is 4.98 Å². The van der Waals surface area contributed by atoms with E-state index >= 15 is 0 Å². The van der Waals surface area contributed by atoms with Gasteiger partial charge in [0, 0.05) is 34.9 Å². The molecule has 0 amide bonds. The molecule has 1 aliphatic heterocycles.